The predicted octanol–water partition coefficient (Wildman–Crippen LogP) is 6.75. The molecule has 1 nitrogen and oxygen atoms in total. The van der Waals surface area contributed by atoms with Crippen molar-refractivity contribution in [2.45, 2.75) is 64.9 Å². The van der Waals surface area contributed by atoms with Gasteiger partial charge in [-0.25, -0.2) is 0 Å². The first-order chi connectivity index (χ1) is 12.0. The maximum absolute atomic E-state index is 5.96. The van der Waals surface area contributed by atoms with Crippen molar-refractivity contribution in [3.63, 3.8) is 0 Å². The van der Waals surface area contributed by atoms with Gasteiger partial charge in [-0.1, -0.05) is 82.3 Å². The monoisotopic (exact) mass is 350 g/mol. The van der Waals surface area contributed by atoms with Crippen LogP contribution < -0.4 is 0 Å². The molecule has 2 aromatic rings. The molecule has 0 bridgehead atoms. The van der Waals surface area contributed by atoms with Gasteiger partial charge in [0.1, 0.15) is 0 Å². The van der Waals surface area contributed by atoms with Gasteiger partial charge < -0.3 is 4.74 Å². The van der Waals surface area contributed by atoms with Gasteiger partial charge in [0.25, 0.3) is 0 Å². The number of benzene rings is 2. The van der Waals surface area contributed by atoms with Crippen LogP contribution in [0.5, 0.6) is 0 Å². The van der Waals surface area contributed by atoms with Crippen LogP contribution in [0.1, 0.15) is 70.7 Å². The van der Waals surface area contributed by atoms with E-state index in [-0.39, 0.29) is 16.4 Å². The maximum atomic E-state index is 5.96. The molecule has 0 fully saturated rings. The van der Waals surface area contributed by atoms with Crippen molar-refractivity contribution < 1.29 is 4.74 Å². The fourth-order valence-corrected chi connectivity index (χ4v) is 3.32. The molecule has 0 spiro atoms. The summed E-state index contributed by atoms with van der Waals surface area (Å²) in [6, 6.07) is 17.7. The summed E-state index contributed by atoms with van der Waals surface area (Å²) in [4.78, 5) is 0. The summed E-state index contributed by atoms with van der Waals surface area (Å²) in [5.74, 6) is 0. The van der Waals surface area contributed by atoms with Crippen LogP contribution >= 0.6 is 0 Å². The molecule has 0 atom stereocenters. The van der Waals surface area contributed by atoms with Gasteiger partial charge in [0.15, 0.2) is 0 Å². The van der Waals surface area contributed by atoms with E-state index in [1.807, 2.05) is 13.0 Å². The maximum Gasteiger partial charge on any atom is 0.0875 e. The third kappa shape index (κ3) is 4.10. The van der Waals surface area contributed by atoms with Gasteiger partial charge in [-0.2, -0.15) is 0 Å². The van der Waals surface area contributed by atoms with Crippen molar-refractivity contribution in [2.24, 2.45) is 0 Å². The van der Waals surface area contributed by atoms with E-state index >= 15 is 0 Å². The normalized spacial score (nSPS) is 12.9. The van der Waals surface area contributed by atoms with Crippen molar-refractivity contribution in [3.8, 4) is 0 Å². The Hall–Kier alpha value is -1.86. The fourth-order valence-electron chi connectivity index (χ4n) is 3.32. The molecule has 0 aliphatic rings. The standard InChI is InChI=1S/C25H34O/c1-9-23(3,4)19-13-11-14-20(17-19)24(5,6)21-15-12-16-22(18-21)25(7,8)26-10-2/h9,11-18H,1,10H2,2-8H3. The summed E-state index contributed by atoms with van der Waals surface area (Å²) in [5, 5.41) is 0. The van der Waals surface area contributed by atoms with E-state index in [0.29, 0.717) is 6.61 Å². The molecule has 2 rings (SSSR count). The first kappa shape index (κ1) is 20.5. The van der Waals surface area contributed by atoms with Crippen LogP contribution in [-0.2, 0) is 21.2 Å². The Balaban J connectivity index is 2.48. The largest absolute Gasteiger partial charge is 0.371 e. The molecule has 0 saturated carbocycles. The van der Waals surface area contributed by atoms with Gasteiger partial charge in [0, 0.05) is 17.4 Å². The van der Waals surface area contributed by atoms with Gasteiger partial charge in [-0.3, -0.25) is 0 Å². The highest BCUT2D eigenvalue weighted by Crippen LogP contribution is 2.36. The zero-order chi connectivity index (χ0) is 19.6. The van der Waals surface area contributed by atoms with Crippen LogP contribution in [0.25, 0.3) is 0 Å². The van der Waals surface area contributed by atoms with Crippen LogP contribution in [0, 0.1) is 0 Å². The van der Waals surface area contributed by atoms with Crippen LogP contribution in [0.2, 0.25) is 0 Å². The van der Waals surface area contributed by atoms with E-state index in [9.17, 15) is 0 Å². The first-order valence-electron chi connectivity index (χ1n) is 9.54. The Bertz CT molecular complexity index is 765. The summed E-state index contributed by atoms with van der Waals surface area (Å²) in [7, 11) is 0. The zero-order valence-corrected chi connectivity index (χ0v) is 17.5. The van der Waals surface area contributed by atoms with Crippen molar-refractivity contribution in [3.05, 3.63) is 83.4 Å². The van der Waals surface area contributed by atoms with Crippen molar-refractivity contribution in [1.82, 2.24) is 0 Å². The number of hydrogen-bond donors (Lipinski definition) is 0. The second kappa shape index (κ2) is 7.40. The highest BCUT2D eigenvalue weighted by Gasteiger charge is 2.28. The lowest BCUT2D eigenvalue weighted by Crippen LogP contribution is -2.24. The van der Waals surface area contributed by atoms with E-state index in [1.165, 1.54) is 22.3 Å². The van der Waals surface area contributed by atoms with E-state index in [0.717, 1.165) is 0 Å². The highest BCUT2D eigenvalue weighted by atomic mass is 16.5. The minimum absolute atomic E-state index is 0.0368. The summed E-state index contributed by atoms with van der Waals surface area (Å²) in [6.45, 7) is 20.0. The Kier molecular flexibility index (Phi) is 5.82. The smallest absolute Gasteiger partial charge is 0.0875 e. The SMILES string of the molecule is C=CC(C)(C)c1cccc(C(C)(C)c2cccc(C(C)(C)OCC)c2)c1. The number of rotatable bonds is 7. The summed E-state index contributed by atoms with van der Waals surface area (Å²) in [6.07, 6.45) is 2.02. The molecule has 0 radical (unpaired) electrons. The van der Waals surface area contributed by atoms with E-state index in [4.69, 9.17) is 4.74 Å². The highest BCUT2D eigenvalue weighted by molar-refractivity contribution is 5.43. The Morgan fingerprint density at radius 1 is 0.808 bits per heavy atom. The molecular weight excluding hydrogens is 316 g/mol. The van der Waals surface area contributed by atoms with Gasteiger partial charge >= 0.3 is 0 Å². The Labute approximate surface area is 160 Å². The van der Waals surface area contributed by atoms with Crippen LogP contribution in [-0.4, -0.2) is 6.61 Å². The zero-order valence-electron chi connectivity index (χ0n) is 17.5. The average molecular weight is 351 g/mol. The minimum Gasteiger partial charge on any atom is -0.371 e. The molecule has 0 aliphatic heterocycles. The Morgan fingerprint density at radius 2 is 1.27 bits per heavy atom. The molecule has 2 aromatic carbocycles. The molecule has 0 unspecified atom stereocenters. The molecule has 1 heteroatoms. The summed E-state index contributed by atoms with van der Waals surface area (Å²) < 4.78 is 5.96. The van der Waals surface area contributed by atoms with E-state index in [2.05, 4.69) is 96.7 Å². The van der Waals surface area contributed by atoms with Crippen molar-refractivity contribution in [1.29, 1.82) is 0 Å². The second-order valence-electron chi connectivity index (χ2n) is 8.66. The first-order valence-corrected chi connectivity index (χ1v) is 9.54. The molecule has 0 saturated heterocycles. The van der Waals surface area contributed by atoms with Gasteiger partial charge in [0.05, 0.1) is 5.60 Å². The molecule has 0 aliphatic carbocycles. The van der Waals surface area contributed by atoms with E-state index in [1.54, 1.807) is 0 Å². The van der Waals surface area contributed by atoms with Gasteiger partial charge in [-0.15, -0.1) is 6.58 Å². The second-order valence-corrected chi connectivity index (χ2v) is 8.66. The lowest BCUT2D eigenvalue weighted by Gasteiger charge is -2.31. The van der Waals surface area contributed by atoms with Crippen LogP contribution in [0.4, 0.5) is 0 Å². The predicted molar refractivity (Wildman–Crippen MR) is 113 cm³/mol. The Morgan fingerprint density at radius 3 is 1.77 bits per heavy atom. The molecule has 0 heterocycles. The number of hydrogen-bond acceptors (Lipinski definition) is 1. The van der Waals surface area contributed by atoms with Gasteiger partial charge in [0.2, 0.25) is 0 Å². The molecule has 26 heavy (non-hydrogen) atoms. The summed E-state index contributed by atoms with van der Waals surface area (Å²) >= 11 is 0. The molecule has 0 N–H and O–H groups in total. The lowest BCUT2D eigenvalue weighted by molar-refractivity contribution is -0.0141. The quantitative estimate of drug-likeness (QED) is 0.502. The van der Waals surface area contributed by atoms with Crippen molar-refractivity contribution >= 4 is 0 Å². The molecular formula is C25H34O. The third-order valence-corrected chi connectivity index (χ3v) is 5.62. The number of ether oxygens (including phenoxy) is 1. The third-order valence-electron chi connectivity index (χ3n) is 5.62. The summed E-state index contributed by atoms with van der Waals surface area (Å²) in [5.41, 5.74) is 4.72. The molecule has 140 valence electrons. The average Bonchev–Trinajstić information content (AvgIpc) is 2.62. The van der Waals surface area contributed by atoms with E-state index < -0.39 is 0 Å². The van der Waals surface area contributed by atoms with Gasteiger partial charge in [-0.05, 0) is 43.0 Å². The topological polar surface area (TPSA) is 9.23 Å². The van der Waals surface area contributed by atoms with Crippen LogP contribution in [0.15, 0.2) is 61.2 Å². The fraction of sp³-hybridized carbons (Fsp3) is 0.440. The van der Waals surface area contributed by atoms with Crippen molar-refractivity contribution in [2.75, 3.05) is 6.61 Å². The number of allylic oxidation sites excluding steroid dienone is 1. The molecule has 0 aromatic heterocycles. The lowest BCUT2D eigenvalue weighted by atomic mass is 9.74. The van der Waals surface area contributed by atoms with Crippen LogP contribution in [0.3, 0.4) is 0 Å². The minimum atomic E-state index is -0.284. The molecule has 0 amide bonds.